The van der Waals surface area contributed by atoms with Crippen molar-refractivity contribution in [3.05, 3.63) is 16.0 Å². The number of nitrogens with zero attached hydrogens (tertiary/aromatic N) is 1. The molecule has 1 aromatic heterocycles. The number of hydroxylamine groups is 2. The first-order valence-electron chi connectivity index (χ1n) is 5.55. The Morgan fingerprint density at radius 2 is 2.17 bits per heavy atom. The molecule has 0 saturated carbocycles. The van der Waals surface area contributed by atoms with Gasteiger partial charge in [0.2, 0.25) is 0 Å². The van der Waals surface area contributed by atoms with Gasteiger partial charge in [-0.05, 0) is 25.8 Å². The number of carbonyl (C=O) groups excluding carboxylic acids is 1. The molecule has 0 aliphatic carbocycles. The third kappa shape index (κ3) is 2.32. The summed E-state index contributed by atoms with van der Waals surface area (Å²) in [4.78, 5) is 29.0. The van der Waals surface area contributed by atoms with Gasteiger partial charge in [0.15, 0.2) is 0 Å². The molecule has 0 bridgehead atoms. The third-order valence-electron chi connectivity index (χ3n) is 2.80. The highest BCUT2D eigenvalue weighted by atomic mass is 32.1. The van der Waals surface area contributed by atoms with Crippen molar-refractivity contribution in [2.24, 2.45) is 0 Å². The fourth-order valence-electron chi connectivity index (χ4n) is 1.74. The lowest BCUT2D eigenvalue weighted by molar-refractivity contribution is -0.0613. The molecular weight excluding hydrogens is 256 g/mol. The highest BCUT2D eigenvalue weighted by molar-refractivity contribution is 7.16. The first kappa shape index (κ1) is 12.8. The number of nitrogens with one attached hydrogen (secondary N) is 1. The Morgan fingerprint density at radius 3 is 2.72 bits per heavy atom. The van der Waals surface area contributed by atoms with E-state index in [4.69, 9.17) is 9.94 Å². The zero-order valence-electron chi connectivity index (χ0n) is 10.1. The fraction of sp³-hybridized carbons (Fsp3) is 0.455. The summed E-state index contributed by atoms with van der Waals surface area (Å²) in [6.07, 6.45) is 0.793. The molecule has 1 aliphatic rings. The van der Waals surface area contributed by atoms with Crippen molar-refractivity contribution in [3.63, 3.8) is 0 Å². The van der Waals surface area contributed by atoms with Crippen molar-refractivity contribution < 1.29 is 19.5 Å². The van der Waals surface area contributed by atoms with Gasteiger partial charge in [0.25, 0.3) is 0 Å². The SMILES string of the molecule is Cc1sc(NC(=O)N2CCCO2)c(C(=O)O)c1C. The lowest BCUT2D eigenvalue weighted by Crippen LogP contribution is -2.31. The lowest BCUT2D eigenvalue weighted by Gasteiger charge is -2.14. The van der Waals surface area contributed by atoms with Crippen LogP contribution in [0.5, 0.6) is 0 Å². The summed E-state index contributed by atoms with van der Waals surface area (Å²) in [7, 11) is 0. The Morgan fingerprint density at radius 1 is 1.44 bits per heavy atom. The van der Waals surface area contributed by atoms with Crippen molar-refractivity contribution in [2.45, 2.75) is 20.3 Å². The van der Waals surface area contributed by atoms with Crippen LogP contribution in [0.2, 0.25) is 0 Å². The zero-order chi connectivity index (χ0) is 13.3. The van der Waals surface area contributed by atoms with Crippen LogP contribution < -0.4 is 5.32 Å². The number of anilines is 1. The largest absolute Gasteiger partial charge is 0.478 e. The minimum Gasteiger partial charge on any atom is -0.478 e. The molecule has 0 spiro atoms. The van der Waals surface area contributed by atoms with Gasteiger partial charge >= 0.3 is 12.0 Å². The average Bonchev–Trinajstić information content (AvgIpc) is 2.88. The molecule has 2 N–H and O–H groups in total. The van der Waals surface area contributed by atoms with Gasteiger partial charge in [-0.1, -0.05) is 0 Å². The molecule has 2 rings (SSSR count). The van der Waals surface area contributed by atoms with E-state index >= 15 is 0 Å². The Labute approximate surface area is 108 Å². The van der Waals surface area contributed by atoms with Gasteiger partial charge in [-0.3, -0.25) is 10.2 Å². The highest BCUT2D eigenvalue weighted by Crippen LogP contribution is 2.32. The number of urea groups is 1. The molecule has 1 aromatic rings. The normalized spacial score (nSPS) is 14.9. The number of rotatable bonds is 2. The van der Waals surface area contributed by atoms with E-state index in [9.17, 15) is 9.59 Å². The second kappa shape index (κ2) is 4.95. The van der Waals surface area contributed by atoms with Gasteiger partial charge in [-0.15, -0.1) is 11.3 Å². The second-order valence-electron chi connectivity index (χ2n) is 4.01. The molecule has 0 aromatic carbocycles. The quantitative estimate of drug-likeness (QED) is 0.863. The standard InChI is InChI=1S/C11H14N2O4S/c1-6-7(2)18-9(8(6)10(14)15)12-11(16)13-4-3-5-17-13/h3-5H2,1-2H3,(H,12,16)(H,14,15). The molecule has 1 aliphatic heterocycles. The monoisotopic (exact) mass is 270 g/mol. The molecule has 0 unspecified atom stereocenters. The van der Waals surface area contributed by atoms with Crippen LogP contribution in [0.25, 0.3) is 0 Å². The molecule has 98 valence electrons. The number of thiophene rings is 1. The second-order valence-corrected chi connectivity index (χ2v) is 5.24. The average molecular weight is 270 g/mol. The Kier molecular flexibility index (Phi) is 3.53. The maximum atomic E-state index is 11.8. The molecule has 6 nitrogen and oxygen atoms in total. The summed E-state index contributed by atoms with van der Waals surface area (Å²) in [6, 6.07) is -0.420. The van der Waals surface area contributed by atoms with E-state index in [0.717, 1.165) is 11.3 Å². The molecule has 7 heteroatoms. The summed E-state index contributed by atoms with van der Waals surface area (Å²) in [6.45, 7) is 4.60. The number of aryl methyl sites for hydroxylation is 1. The van der Waals surface area contributed by atoms with Gasteiger partial charge in [-0.2, -0.15) is 0 Å². The van der Waals surface area contributed by atoms with E-state index < -0.39 is 12.0 Å². The maximum Gasteiger partial charge on any atom is 0.346 e. The maximum absolute atomic E-state index is 11.8. The first-order valence-corrected chi connectivity index (χ1v) is 6.37. The number of carbonyl (C=O) groups is 2. The van der Waals surface area contributed by atoms with Crippen molar-refractivity contribution in [3.8, 4) is 0 Å². The number of amides is 2. The molecule has 18 heavy (non-hydrogen) atoms. The van der Waals surface area contributed by atoms with Crippen molar-refractivity contribution in [2.75, 3.05) is 18.5 Å². The third-order valence-corrected chi connectivity index (χ3v) is 3.92. The summed E-state index contributed by atoms with van der Waals surface area (Å²) < 4.78 is 0. The van der Waals surface area contributed by atoms with Crippen LogP contribution in [0.3, 0.4) is 0 Å². The fourth-order valence-corrected chi connectivity index (χ4v) is 2.78. The van der Waals surface area contributed by atoms with Crippen LogP contribution >= 0.6 is 11.3 Å². The van der Waals surface area contributed by atoms with Crippen LogP contribution in [-0.4, -0.2) is 35.3 Å². The predicted molar refractivity (Wildman–Crippen MR) is 67.0 cm³/mol. The van der Waals surface area contributed by atoms with Crippen molar-refractivity contribution in [1.29, 1.82) is 0 Å². The van der Waals surface area contributed by atoms with Gasteiger partial charge in [0.05, 0.1) is 18.7 Å². The summed E-state index contributed by atoms with van der Waals surface area (Å²) in [5, 5.41) is 13.3. The lowest BCUT2D eigenvalue weighted by atomic mass is 10.1. The Balaban J connectivity index is 2.20. The minimum absolute atomic E-state index is 0.157. The highest BCUT2D eigenvalue weighted by Gasteiger charge is 2.24. The van der Waals surface area contributed by atoms with Crippen LogP contribution in [0.15, 0.2) is 0 Å². The number of hydrogen-bond acceptors (Lipinski definition) is 4. The molecule has 1 fully saturated rings. The van der Waals surface area contributed by atoms with Crippen LogP contribution in [0.4, 0.5) is 9.80 Å². The summed E-state index contributed by atoms with van der Waals surface area (Å²) in [5.74, 6) is -1.03. The summed E-state index contributed by atoms with van der Waals surface area (Å²) >= 11 is 1.26. The molecule has 1 saturated heterocycles. The Bertz CT molecular complexity index is 491. The van der Waals surface area contributed by atoms with Gasteiger partial charge in [-0.25, -0.2) is 14.7 Å². The predicted octanol–water partition coefficient (Wildman–Crippen LogP) is 2.23. The van der Waals surface area contributed by atoms with E-state index in [2.05, 4.69) is 5.32 Å². The molecular formula is C11H14N2O4S. The minimum atomic E-state index is -1.03. The van der Waals surface area contributed by atoms with Crippen molar-refractivity contribution in [1.82, 2.24) is 5.06 Å². The van der Waals surface area contributed by atoms with Crippen LogP contribution in [0, 0.1) is 13.8 Å². The van der Waals surface area contributed by atoms with Gasteiger partial charge in [0, 0.05) is 4.88 Å². The van der Waals surface area contributed by atoms with Crippen molar-refractivity contribution >= 4 is 28.3 Å². The van der Waals surface area contributed by atoms with E-state index in [1.54, 1.807) is 6.92 Å². The topological polar surface area (TPSA) is 78.9 Å². The molecule has 2 amide bonds. The zero-order valence-corrected chi connectivity index (χ0v) is 11.0. The molecule has 0 radical (unpaired) electrons. The number of aromatic carboxylic acids is 1. The van der Waals surface area contributed by atoms with Crippen LogP contribution in [-0.2, 0) is 4.84 Å². The first-order chi connectivity index (χ1) is 8.50. The smallest absolute Gasteiger partial charge is 0.346 e. The molecule has 0 atom stereocenters. The van der Waals surface area contributed by atoms with E-state index in [0.29, 0.717) is 23.7 Å². The van der Waals surface area contributed by atoms with E-state index in [1.807, 2.05) is 6.92 Å². The molecule has 2 heterocycles. The summed E-state index contributed by atoms with van der Waals surface area (Å²) in [5.41, 5.74) is 0.843. The van der Waals surface area contributed by atoms with E-state index in [1.165, 1.54) is 16.4 Å². The van der Waals surface area contributed by atoms with Gasteiger partial charge in [0.1, 0.15) is 5.00 Å². The Hall–Kier alpha value is -1.60. The number of hydrogen-bond donors (Lipinski definition) is 2. The van der Waals surface area contributed by atoms with Crippen LogP contribution in [0.1, 0.15) is 27.2 Å². The van der Waals surface area contributed by atoms with Gasteiger partial charge < -0.3 is 5.11 Å². The van der Waals surface area contributed by atoms with E-state index in [-0.39, 0.29) is 5.56 Å². The number of carboxylic acid groups (broad SMARTS) is 1. The number of carboxylic acids is 1.